The average molecular weight is 513 g/mol. The highest BCUT2D eigenvalue weighted by Gasteiger charge is 2.27. The molecule has 2 aromatic carbocycles. The summed E-state index contributed by atoms with van der Waals surface area (Å²) in [5, 5.41) is 29.2. The van der Waals surface area contributed by atoms with Gasteiger partial charge in [-0.2, -0.15) is 0 Å². The van der Waals surface area contributed by atoms with Crippen molar-refractivity contribution in [3.8, 4) is 34.3 Å². The van der Waals surface area contributed by atoms with Crippen LogP contribution < -0.4 is 19.6 Å². The van der Waals surface area contributed by atoms with Gasteiger partial charge in [-0.1, -0.05) is 11.6 Å². The van der Waals surface area contributed by atoms with E-state index >= 15 is 0 Å². The standard InChI is InChI=1S/C27H28O10/c1-13(2)6-11-18-20(35-14(3)26(30)31)12-19(28)21-22(29)25(36-15(4)27(32)33)23(37-24(18)21)16-7-9-17(34-5)10-8-16/h6-10,12,14-15,28H,11H2,1-5H3,(H,30,31)(H,32,33). The molecule has 0 aliphatic carbocycles. The summed E-state index contributed by atoms with van der Waals surface area (Å²) < 4.78 is 22.4. The fourth-order valence-corrected chi connectivity index (χ4v) is 3.47. The lowest BCUT2D eigenvalue weighted by Crippen LogP contribution is -2.26. The smallest absolute Gasteiger partial charge is 0.344 e. The second kappa shape index (κ2) is 11.1. The largest absolute Gasteiger partial charge is 0.507 e. The van der Waals surface area contributed by atoms with Crippen molar-refractivity contribution >= 4 is 22.9 Å². The van der Waals surface area contributed by atoms with Crippen LogP contribution in [0.4, 0.5) is 0 Å². The number of carboxylic acid groups (broad SMARTS) is 2. The number of aromatic hydroxyl groups is 1. The monoisotopic (exact) mass is 512 g/mol. The molecule has 1 aromatic heterocycles. The molecule has 10 heteroatoms. The maximum atomic E-state index is 13.6. The number of allylic oxidation sites excluding steroid dienone is 2. The number of hydrogen-bond acceptors (Lipinski definition) is 8. The number of aliphatic carboxylic acids is 2. The molecule has 3 aromatic rings. The Kier molecular flexibility index (Phi) is 8.11. The summed E-state index contributed by atoms with van der Waals surface area (Å²) in [7, 11) is 1.49. The van der Waals surface area contributed by atoms with Crippen LogP contribution >= 0.6 is 0 Å². The molecular weight excluding hydrogens is 484 g/mol. The number of benzene rings is 2. The van der Waals surface area contributed by atoms with E-state index in [1.807, 2.05) is 19.9 Å². The van der Waals surface area contributed by atoms with Crippen molar-refractivity contribution in [1.29, 1.82) is 0 Å². The van der Waals surface area contributed by atoms with E-state index < -0.39 is 41.1 Å². The van der Waals surface area contributed by atoms with Gasteiger partial charge in [0.2, 0.25) is 11.2 Å². The minimum Gasteiger partial charge on any atom is -0.507 e. The molecule has 0 saturated heterocycles. The van der Waals surface area contributed by atoms with Crippen LogP contribution in [-0.4, -0.2) is 46.6 Å². The Morgan fingerprint density at radius 1 is 1.03 bits per heavy atom. The van der Waals surface area contributed by atoms with Crippen LogP contribution in [0.25, 0.3) is 22.3 Å². The van der Waals surface area contributed by atoms with Crippen LogP contribution in [0, 0.1) is 0 Å². The van der Waals surface area contributed by atoms with Gasteiger partial charge in [0, 0.05) is 17.2 Å². The van der Waals surface area contributed by atoms with Crippen LogP contribution in [0.3, 0.4) is 0 Å². The molecule has 0 fully saturated rings. The maximum absolute atomic E-state index is 13.6. The first-order valence-electron chi connectivity index (χ1n) is 11.4. The zero-order valence-electron chi connectivity index (χ0n) is 21.0. The number of rotatable bonds is 10. The van der Waals surface area contributed by atoms with Crippen LogP contribution in [0.1, 0.15) is 33.3 Å². The van der Waals surface area contributed by atoms with E-state index in [2.05, 4.69) is 0 Å². The summed E-state index contributed by atoms with van der Waals surface area (Å²) >= 11 is 0. The first-order chi connectivity index (χ1) is 17.4. The molecule has 0 bridgehead atoms. The average Bonchev–Trinajstić information content (AvgIpc) is 2.84. The molecule has 10 nitrogen and oxygen atoms in total. The SMILES string of the molecule is COc1ccc(-c2oc3c(CC=C(C)C)c(OC(C)C(=O)O)cc(O)c3c(=O)c2OC(C)C(=O)O)cc1. The highest BCUT2D eigenvalue weighted by atomic mass is 16.5. The van der Waals surface area contributed by atoms with Gasteiger partial charge in [-0.25, -0.2) is 9.59 Å². The van der Waals surface area contributed by atoms with Gasteiger partial charge in [-0.15, -0.1) is 0 Å². The first kappa shape index (κ1) is 27.1. The van der Waals surface area contributed by atoms with Crippen molar-refractivity contribution in [1.82, 2.24) is 0 Å². The van der Waals surface area contributed by atoms with Gasteiger partial charge in [0.05, 0.1) is 7.11 Å². The zero-order valence-corrected chi connectivity index (χ0v) is 21.0. The Morgan fingerprint density at radius 2 is 1.62 bits per heavy atom. The summed E-state index contributed by atoms with van der Waals surface area (Å²) in [5.41, 5.74) is 0.800. The molecule has 1 heterocycles. The van der Waals surface area contributed by atoms with E-state index in [0.29, 0.717) is 16.9 Å². The number of ether oxygens (including phenoxy) is 3. The zero-order chi connectivity index (χ0) is 27.4. The Hall–Kier alpha value is -4.47. The molecule has 2 atom stereocenters. The van der Waals surface area contributed by atoms with E-state index in [0.717, 1.165) is 11.6 Å². The number of phenols is 1. The summed E-state index contributed by atoms with van der Waals surface area (Å²) in [6.07, 6.45) is -0.635. The topological polar surface area (TPSA) is 153 Å². The molecule has 2 unspecified atom stereocenters. The Bertz CT molecular complexity index is 1410. The normalized spacial score (nSPS) is 12.5. The predicted molar refractivity (Wildman–Crippen MR) is 135 cm³/mol. The molecule has 0 aliphatic rings. The number of fused-ring (bicyclic) bond motifs is 1. The third-order valence-corrected chi connectivity index (χ3v) is 5.53. The number of methoxy groups -OCH3 is 1. The molecule has 0 saturated carbocycles. The van der Waals surface area contributed by atoms with Crippen molar-refractivity contribution in [2.45, 2.75) is 46.3 Å². The van der Waals surface area contributed by atoms with Gasteiger partial charge < -0.3 is 33.9 Å². The molecule has 0 amide bonds. The van der Waals surface area contributed by atoms with E-state index in [1.165, 1.54) is 21.0 Å². The van der Waals surface area contributed by atoms with Crippen LogP contribution in [0.2, 0.25) is 0 Å². The summed E-state index contributed by atoms with van der Waals surface area (Å²) in [6, 6.07) is 7.59. The van der Waals surface area contributed by atoms with Gasteiger partial charge in [-0.3, -0.25) is 4.79 Å². The lowest BCUT2D eigenvalue weighted by atomic mass is 10.0. The minimum absolute atomic E-state index is 0.0220. The fraction of sp³-hybridized carbons (Fsp3) is 0.296. The first-order valence-corrected chi connectivity index (χ1v) is 11.4. The van der Waals surface area contributed by atoms with E-state index in [9.17, 15) is 29.7 Å². The second-order valence-electron chi connectivity index (χ2n) is 8.58. The molecule has 196 valence electrons. The summed E-state index contributed by atoms with van der Waals surface area (Å²) in [4.78, 5) is 36.6. The van der Waals surface area contributed by atoms with Gasteiger partial charge in [-0.05, 0) is 58.4 Å². The van der Waals surface area contributed by atoms with Crippen molar-refractivity contribution in [3.05, 3.63) is 57.8 Å². The van der Waals surface area contributed by atoms with E-state index in [1.54, 1.807) is 24.3 Å². The lowest BCUT2D eigenvalue weighted by Gasteiger charge is -2.19. The van der Waals surface area contributed by atoms with Gasteiger partial charge >= 0.3 is 11.9 Å². The molecule has 0 aliphatic heterocycles. The van der Waals surface area contributed by atoms with Crippen molar-refractivity contribution in [2.24, 2.45) is 0 Å². The number of carboxylic acids is 2. The molecule has 0 spiro atoms. The summed E-state index contributed by atoms with van der Waals surface area (Å²) in [5.74, 6) is -2.98. The van der Waals surface area contributed by atoms with Crippen molar-refractivity contribution < 1.29 is 43.5 Å². The van der Waals surface area contributed by atoms with Crippen LogP contribution in [-0.2, 0) is 16.0 Å². The highest BCUT2D eigenvalue weighted by molar-refractivity contribution is 5.91. The summed E-state index contributed by atoms with van der Waals surface area (Å²) in [6.45, 7) is 6.31. The third-order valence-electron chi connectivity index (χ3n) is 5.53. The quantitative estimate of drug-likeness (QED) is 0.333. The predicted octanol–water partition coefficient (Wildman–Crippen LogP) is 4.39. The lowest BCUT2D eigenvalue weighted by molar-refractivity contribution is -0.145. The van der Waals surface area contributed by atoms with Gasteiger partial charge in [0.15, 0.2) is 18.0 Å². The number of hydrogen-bond donors (Lipinski definition) is 3. The Labute approximate surface area is 212 Å². The Morgan fingerprint density at radius 3 is 2.16 bits per heavy atom. The van der Waals surface area contributed by atoms with E-state index in [-0.39, 0.29) is 28.9 Å². The van der Waals surface area contributed by atoms with Crippen LogP contribution in [0.5, 0.6) is 23.0 Å². The second-order valence-corrected chi connectivity index (χ2v) is 8.58. The maximum Gasteiger partial charge on any atom is 0.344 e. The fourth-order valence-electron chi connectivity index (χ4n) is 3.47. The van der Waals surface area contributed by atoms with Crippen LogP contribution in [0.15, 0.2) is 51.2 Å². The van der Waals surface area contributed by atoms with Crippen molar-refractivity contribution in [3.63, 3.8) is 0 Å². The number of carbonyl (C=O) groups is 2. The third kappa shape index (κ3) is 5.85. The van der Waals surface area contributed by atoms with Gasteiger partial charge in [0.25, 0.3) is 0 Å². The molecule has 37 heavy (non-hydrogen) atoms. The Balaban J connectivity index is 2.42. The minimum atomic E-state index is -1.40. The molecule has 0 radical (unpaired) electrons. The van der Waals surface area contributed by atoms with E-state index in [4.69, 9.17) is 18.6 Å². The molecule has 3 rings (SSSR count). The van der Waals surface area contributed by atoms with Crippen molar-refractivity contribution in [2.75, 3.05) is 7.11 Å². The highest BCUT2D eigenvalue weighted by Crippen LogP contribution is 2.40. The molecular formula is C27H28O10. The number of phenolic OH excluding ortho intramolecular Hbond substituents is 1. The molecule has 3 N–H and O–H groups in total. The van der Waals surface area contributed by atoms with Gasteiger partial charge in [0.1, 0.15) is 28.2 Å².